The molecule has 2 aromatic heterocycles. The number of nitrogens with one attached hydrogen (secondary N) is 1. The van der Waals surface area contributed by atoms with Crippen LogP contribution in [0.4, 0.5) is 0 Å². The summed E-state index contributed by atoms with van der Waals surface area (Å²) in [6.07, 6.45) is 0. The Labute approximate surface area is 102 Å². The van der Waals surface area contributed by atoms with Crippen LogP contribution in [0.5, 0.6) is 0 Å². The highest BCUT2D eigenvalue weighted by molar-refractivity contribution is 6.17. The van der Waals surface area contributed by atoms with Crippen LogP contribution in [0.2, 0.25) is 0 Å². The number of hydrogen-bond acceptors (Lipinski definition) is 2. The summed E-state index contributed by atoms with van der Waals surface area (Å²) in [7, 11) is 0. The summed E-state index contributed by atoms with van der Waals surface area (Å²) in [4.78, 5) is 14.9. The molecular formula is C15H9NO2. The van der Waals surface area contributed by atoms with E-state index in [-0.39, 0.29) is 5.56 Å². The van der Waals surface area contributed by atoms with Crippen LogP contribution in [0.15, 0.2) is 57.7 Å². The fourth-order valence-electron chi connectivity index (χ4n) is 2.46. The number of furan rings is 1. The van der Waals surface area contributed by atoms with Gasteiger partial charge in [0.2, 0.25) is 5.58 Å². The Hall–Kier alpha value is -2.55. The Morgan fingerprint density at radius 1 is 0.889 bits per heavy atom. The Kier molecular flexibility index (Phi) is 1.70. The Morgan fingerprint density at radius 3 is 2.50 bits per heavy atom. The van der Waals surface area contributed by atoms with Crippen molar-refractivity contribution >= 4 is 32.8 Å². The minimum atomic E-state index is -0.181. The van der Waals surface area contributed by atoms with Gasteiger partial charge in [0.25, 0.3) is 5.56 Å². The van der Waals surface area contributed by atoms with Gasteiger partial charge in [-0.15, -0.1) is 0 Å². The van der Waals surface area contributed by atoms with E-state index in [4.69, 9.17) is 4.42 Å². The molecule has 18 heavy (non-hydrogen) atoms. The van der Waals surface area contributed by atoms with E-state index >= 15 is 0 Å². The number of para-hydroxylation sites is 2. The molecule has 0 spiro atoms. The van der Waals surface area contributed by atoms with Gasteiger partial charge in [-0.25, -0.2) is 0 Å². The van der Waals surface area contributed by atoms with Crippen molar-refractivity contribution in [3.05, 3.63) is 58.9 Å². The Morgan fingerprint density at radius 2 is 1.61 bits per heavy atom. The molecule has 0 saturated heterocycles. The van der Waals surface area contributed by atoms with E-state index in [1.807, 2.05) is 48.5 Å². The molecule has 0 atom stereocenters. The van der Waals surface area contributed by atoms with E-state index in [9.17, 15) is 4.79 Å². The first kappa shape index (κ1) is 9.48. The highest BCUT2D eigenvalue weighted by atomic mass is 16.3. The normalized spacial score (nSPS) is 11.6. The lowest BCUT2D eigenvalue weighted by atomic mass is 10.1. The van der Waals surface area contributed by atoms with Crippen molar-refractivity contribution < 1.29 is 4.42 Å². The lowest BCUT2D eigenvalue weighted by Crippen LogP contribution is -2.04. The van der Waals surface area contributed by atoms with Gasteiger partial charge in [0, 0.05) is 21.7 Å². The number of H-pyrrole nitrogens is 1. The molecule has 0 fully saturated rings. The first-order valence-electron chi connectivity index (χ1n) is 5.77. The summed E-state index contributed by atoms with van der Waals surface area (Å²) < 4.78 is 5.65. The van der Waals surface area contributed by atoms with Gasteiger partial charge >= 0.3 is 0 Å². The lowest BCUT2D eigenvalue weighted by molar-refractivity contribution is 0.663. The fraction of sp³-hybridized carbons (Fsp3) is 0. The molecule has 4 aromatic rings. The number of rotatable bonds is 0. The standard InChI is InChI=1S/C15H9NO2/c17-15-14-13(9-5-1-3-7-11(9)16-15)10-6-2-4-8-12(10)18-14/h1-8H,(H,16,17). The monoisotopic (exact) mass is 235 g/mol. The first-order valence-corrected chi connectivity index (χ1v) is 5.77. The molecule has 0 aliphatic rings. The Balaban J connectivity index is 2.45. The van der Waals surface area contributed by atoms with E-state index in [0.29, 0.717) is 5.58 Å². The van der Waals surface area contributed by atoms with E-state index in [1.54, 1.807) is 0 Å². The lowest BCUT2D eigenvalue weighted by Gasteiger charge is -1.98. The molecule has 4 rings (SSSR count). The van der Waals surface area contributed by atoms with Crippen LogP contribution in [-0.4, -0.2) is 4.98 Å². The van der Waals surface area contributed by atoms with Gasteiger partial charge < -0.3 is 9.40 Å². The van der Waals surface area contributed by atoms with Crippen molar-refractivity contribution in [3.63, 3.8) is 0 Å². The second kappa shape index (κ2) is 3.23. The molecule has 0 radical (unpaired) electrons. The maximum absolute atomic E-state index is 12.0. The van der Waals surface area contributed by atoms with Crippen molar-refractivity contribution in [2.75, 3.05) is 0 Å². The molecule has 0 unspecified atom stereocenters. The zero-order chi connectivity index (χ0) is 12.1. The van der Waals surface area contributed by atoms with Gasteiger partial charge in [-0.2, -0.15) is 0 Å². The smallest absolute Gasteiger partial charge is 0.292 e. The molecule has 3 nitrogen and oxygen atoms in total. The molecule has 2 aromatic carbocycles. The maximum atomic E-state index is 12.0. The highest BCUT2D eigenvalue weighted by Crippen LogP contribution is 2.31. The Bertz CT molecular complexity index is 947. The van der Waals surface area contributed by atoms with Gasteiger partial charge in [0.05, 0.1) is 0 Å². The third-order valence-electron chi connectivity index (χ3n) is 3.25. The minimum Gasteiger partial charge on any atom is -0.450 e. The van der Waals surface area contributed by atoms with Crippen LogP contribution in [0.25, 0.3) is 32.8 Å². The van der Waals surface area contributed by atoms with Crippen LogP contribution in [0, 0.1) is 0 Å². The molecule has 0 aliphatic heterocycles. The molecule has 0 amide bonds. The van der Waals surface area contributed by atoms with Crippen LogP contribution < -0.4 is 5.56 Å². The third kappa shape index (κ3) is 1.10. The van der Waals surface area contributed by atoms with Crippen molar-refractivity contribution in [1.29, 1.82) is 0 Å². The second-order valence-corrected chi connectivity index (χ2v) is 4.30. The van der Waals surface area contributed by atoms with Crippen molar-refractivity contribution in [3.8, 4) is 0 Å². The molecule has 0 aliphatic carbocycles. The van der Waals surface area contributed by atoms with E-state index in [0.717, 1.165) is 27.3 Å². The summed E-state index contributed by atoms with van der Waals surface area (Å²) >= 11 is 0. The zero-order valence-electron chi connectivity index (χ0n) is 9.44. The maximum Gasteiger partial charge on any atom is 0.292 e. The van der Waals surface area contributed by atoms with Crippen LogP contribution in [0.3, 0.4) is 0 Å². The van der Waals surface area contributed by atoms with Crippen LogP contribution in [-0.2, 0) is 0 Å². The minimum absolute atomic E-state index is 0.181. The third-order valence-corrected chi connectivity index (χ3v) is 3.25. The van der Waals surface area contributed by atoms with Gasteiger partial charge in [-0.05, 0) is 12.1 Å². The number of aromatic amines is 1. The average molecular weight is 235 g/mol. The molecule has 0 saturated carbocycles. The van der Waals surface area contributed by atoms with Crippen LogP contribution >= 0.6 is 0 Å². The van der Waals surface area contributed by atoms with Crippen molar-refractivity contribution in [2.45, 2.75) is 0 Å². The number of pyridine rings is 1. The quantitative estimate of drug-likeness (QED) is 0.507. The van der Waals surface area contributed by atoms with E-state index in [2.05, 4.69) is 4.98 Å². The largest absolute Gasteiger partial charge is 0.450 e. The fourth-order valence-corrected chi connectivity index (χ4v) is 2.46. The molecule has 2 heterocycles. The summed E-state index contributed by atoms with van der Waals surface area (Å²) in [5.74, 6) is 0. The van der Waals surface area contributed by atoms with Gasteiger partial charge in [-0.1, -0.05) is 36.4 Å². The molecule has 1 N–H and O–H groups in total. The number of aromatic nitrogens is 1. The van der Waals surface area contributed by atoms with Gasteiger partial charge in [-0.3, -0.25) is 4.79 Å². The van der Waals surface area contributed by atoms with Gasteiger partial charge in [0.15, 0.2) is 0 Å². The summed E-state index contributed by atoms with van der Waals surface area (Å²) in [5, 5.41) is 2.89. The van der Waals surface area contributed by atoms with Crippen LogP contribution in [0.1, 0.15) is 0 Å². The number of hydrogen-bond donors (Lipinski definition) is 1. The van der Waals surface area contributed by atoms with Crippen molar-refractivity contribution in [2.24, 2.45) is 0 Å². The first-order chi connectivity index (χ1) is 8.84. The van der Waals surface area contributed by atoms with E-state index in [1.165, 1.54) is 0 Å². The van der Waals surface area contributed by atoms with Gasteiger partial charge in [0.1, 0.15) is 5.58 Å². The zero-order valence-corrected chi connectivity index (χ0v) is 9.44. The highest BCUT2D eigenvalue weighted by Gasteiger charge is 2.12. The predicted molar refractivity (Wildman–Crippen MR) is 71.8 cm³/mol. The summed E-state index contributed by atoms with van der Waals surface area (Å²) in [6.45, 7) is 0. The van der Waals surface area contributed by atoms with E-state index < -0.39 is 0 Å². The van der Waals surface area contributed by atoms with Crippen molar-refractivity contribution in [1.82, 2.24) is 4.98 Å². The molecule has 0 bridgehead atoms. The number of fused-ring (bicyclic) bond motifs is 5. The molecule has 3 heteroatoms. The predicted octanol–water partition coefficient (Wildman–Crippen LogP) is 3.43. The number of benzene rings is 2. The second-order valence-electron chi connectivity index (χ2n) is 4.30. The topological polar surface area (TPSA) is 46.0 Å². The molecular weight excluding hydrogens is 226 g/mol. The SMILES string of the molecule is O=c1[nH]c2ccccc2c2c1oc1ccccc12. The molecule has 86 valence electrons. The summed E-state index contributed by atoms with van der Waals surface area (Å²) in [5.41, 5.74) is 1.80. The summed E-state index contributed by atoms with van der Waals surface area (Å²) in [6, 6.07) is 15.5. The average Bonchev–Trinajstić information content (AvgIpc) is 2.79.